The van der Waals surface area contributed by atoms with Crippen molar-refractivity contribution in [2.24, 2.45) is 0 Å². The Kier molecular flexibility index (Phi) is 7.23. The first-order chi connectivity index (χ1) is 12.9. The molecule has 0 fully saturated rings. The third-order valence-corrected chi connectivity index (χ3v) is 4.00. The maximum absolute atomic E-state index is 12.1. The van der Waals surface area contributed by atoms with Crippen LogP contribution in [0.1, 0.15) is 23.6 Å². The van der Waals surface area contributed by atoms with Gasteiger partial charge in [0.15, 0.2) is 12.7 Å². The Balaban J connectivity index is 1.80. The van der Waals surface area contributed by atoms with Crippen molar-refractivity contribution in [1.82, 2.24) is 5.32 Å². The molecule has 0 bridgehead atoms. The van der Waals surface area contributed by atoms with E-state index in [4.69, 9.17) is 14.2 Å². The minimum absolute atomic E-state index is 0.256. The Bertz CT molecular complexity index is 803. The van der Waals surface area contributed by atoms with Crippen LogP contribution >= 0.6 is 0 Å². The summed E-state index contributed by atoms with van der Waals surface area (Å²) in [6.45, 7) is 5.43. The largest absolute Gasteiger partial charge is 0.496 e. The van der Waals surface area contributed by atoms with Gasteiger partial charge in [-0.1, -0.05) is 35.9 Å². The summed E-state index contributed by atoms with van der Waals surface area (Å²) in [6, 6.07) is 13.1. The number of methoxy groups -OCH3 is 1. The van der Waals surface area contributed by atoms with E-state index in [-0.39, 0.29) is 19.1 Å². The summed E-state index contributed by atoms with van der Waals surface area (Å²) >= 11 is 0. The van der Waals surface area contributed by atoms with E-state index in [2.05, 4.69) is 5.32 Å². The maximum Gasteiger partial charge on any atom is 0.344 e. The van der Waals surface area contributed by atoms with E-state index in [0.29, 0.717) is 11.5 Å². The highest BCUT2D eigenvalue weighted by atomic mass is 16.6. The van der Waals surface area contributed by atoms with Crippen LogP contribution in [0.15, 0.2) is 42.5 Å². The predicted molar refractivity (Wildman–Crippen MR) is 102 cm³/mol. The smallest absolute Gasteiger partial charge is 0.344 e. The molecule has 144 valence electrons. The summed E-state index contributed by atoms with van der Waals surface area (Å²) in [5.41, 5.74) is 2.89. The third kappa shape index (κ3) is 6.02. The molecule has 0 heterocycles. The SMILES string of the molecule is COc1ccccc1CNC(=O)[C@@H](C)OC(=O)COc1ccc(C)cc1C. The standard InChI is InChI=1S/C21H25NO5/c1-14-9-10-18(15(2)11-14)26-13-20(23)27-16(3)21(24)22-12-17-7-5-6-8-19(17)25-4/h5-11,16H,12-13H2,1-4H3,(H,22,24)/t16-/m1/s1. The molecule has 0 saturated carbocycles. The molecular weight excluding hydrogens is 346 g/mol. The molecule has 1 atom stereocenters. The van der Waals surface area contributed by atoms with Crippen LogP contribution in [0.4, 0.5) is 0 Å². The first-order valence-corrected chi connectivity index (χ1v) is 8.70. The van der Waals surface area contributed by atoms with Crippen molar-refractivity contribution in [3.05, 3.63) is 59.2 Å². The van der Waals surface area contributed by atoms with Gasteiger partial charge in [0.2, 0.25) is 0 Å². The molecule has 6 heteroatoms. The summed E-state index contributed by atoms with van der Waals surface area (Å²) in [6.07, 6.45) is -0.921. The molecule has 0 spiro atoms. The summed E-state index contributed by atoms with van der Waals surface area (Å²) in [7, 11) is 1.57. The molecule has 0 aliphatic rings. The van der Waals surface area contributed by atoms with E-state index in [1.807, 2.05) is 50.2 Å². The monoisotopic (exact) mass is 371 g/mol. The molecule has 0 saturated heterocycles. The van der Waals surface area contributed by atoms with E-state index < -0.39 is 12.1 Å². The van der Waals surface area contributed by atoms with Crippen molar-refractivity contribution in [2.45, 2.75) is 33.4 Å². The molecule has 27 heavy (non-hydrogen) atoms. The van der Waals surface area contributed by atoms with E-state index >= 15 is 0 Å². The second-order valence-electron chi connectivity index (χ2n) is 6.22. The second-order valence-corrected chi connectivity index (χ2v) is 6.22. The van der Waals surface area contributed by atoms with Gasteiger partial charge in [0.1, 0.15) is 11.5 Å². The van der Waals surface area contributed by atoms with Crippen LogP contribution in [-0.4, -0.2) is 31.7 Å². The van der Waals surface area contributed by atoms with E-state index in [1.54, 1.807) is 13.2 Å². The number of ether oxygens (including phenoxy) is 3. The van der Waals surface area contributed by atoms with Crippen LogP contribution < -0.4 is 14.8 Å². The van der Waals surface area contributed by atoms with Crippen LogP contribution in [0.25, 0.3) is 0 Å². The van der Waals surface area contributed by atoms with Crippen molar-refractivity contribution >= 4 is 11.9 Å². The molecule has 0 aliphatic heterocycles. The topological polar surface area (TPSA) is 73.9 Å². The number of amides is 1. The molecule has 0 unspecified atom stereocenters. The molecule has 6 nitrogen and oxygen atoms in total. The van der Waals surface area contributed by atoms with Gasteiger partial charge < -0.3 is 19.5 Å². The van der Waals surface area contributed by atoms with Crippen LogP contribution in [-0.2, 0) is 20.9 Å². The minimum atomic E-state index is -0.921. The highest BCUT2D eigenvalue weighted by Crippen LogP contribution is 2.19. The van der Waals surface area contributed by atoms with Crippen LogP contribution in [0, 0.1) is 13.8 Å². The number of carbonyl (C=O) groups excluding carboxylic acids is 2. The van der Waals surface area contributed by atoms with Crippen molar-refractivity contribution in [3.63, 3.8) is 0 Å². The van der Waals surface area contributed by atoms with Gasteiger partial charge >= 0.3 is 5.97 Å². The average Bonchev–Trinajstić information content (AvgIpc) is 2.65. The van der Waals surface area contributed by atoms with E-state index in [9.17, 15) is 9.59 Å². The molecule has 2 aromatic rings. The lowest BCUT2D eigenvalue weighted by Crippen LogP contribution is -2.36. The van der Waals surface area contributed by atoms with Gasteiger partial charge in [-0.3, -0.25) is 4.79 Å². The zero-order valence-electron chi connectivity index (χ0n) is 16.1. The lowest BCUT2D eigenvalue weighted by Gasteiger charge is -2.15. The number of hydrogen-bond donors (Lipinski definition) is 1. The molecule has 0 aromatic heterocycles. The van der Waals surface area contributed by atoms with Gasteiger partial charge in [0.05, 0.1) is 7.11 Å². The molecule has 0 radical (unpaired) electrons. The Hall–Kier alpha value is -3.02. The lowest BCUT2D eigenvalue weighted by molar-refractivity contribution is -0.156. The van der Waals surface area contributed by atoms with Gasteiger partial charge in [-0.05, 0) is 38.5 Å². The first-order valence-electron chi connectivity index (χ1n) is 8.70. The number of benzene rings is 2. The maximum atomic E-state index is 12.1. The Morgan fingerprint density at radius 1 is 1.07 bits per heavy atom. The molecule has 1 N–H and O–H groups in total. The number of nitrogens with one attached hydrogen (secondary N) is 1. The van der Waals surface area contributed by atoms with Crippen molar-refractivity contribution in [2.75, 3.05) is 13.7 Å². The van der Waals surface area contributed by atoms with Gasteiger partial charge in [-0.2, -0.15) is 0 Å². The fourth-order valence-electron chi connectivity index (χ4n) is 2.56. The van der Waals surface area contributed by atoms with Crippen molar-refractivity contribution in [3.8, 4) is 11.5 Å². The molecule has 0 aliphatic carbocycles. The number of aryl methyl sites for hydroxylation is 2. The number of hydrogen-bond acceptors (Lipinski definition) is 5. The number of rotatable bonds is 8. The number of carbonyl (C=O) groups is 2. The third-order valence-electron chi connectivity index (χ3n) is 4.00. The molecule has 1 amide bonds. The normalized spacial score (nSPS) is 11.4. The van der Waals surface area contributed by atoms with Gasteiger partial charge in [-0.25, -0.2) is 4.79 Å². The summed E-state index contributed by atoms with van der Waals surface area (Å²) in [5, 5.41) is 2.73. The van der Waals surface area contributed by atoms with E-state index in [1.165, 1.54) is 6.92 Å². The number of para-hydroxylation sites is 1. The minimum Gasteiger partial charge on any atom is -0.496 e. The summed E-state index contributed by atoms with van der Waals surface area (Å²) in [5.74, 6) is 0.311. The van der Waals surface area contributed by atoms with Crippen LogP contribution in [0.5, 0.6) is 11.5 Å². The Labute approximate surface area is 159 Å². The fourth-order valence-corrected chi connectivity index (χ4v) is 2.56. The quantitative estimate of drug-likeness (QED) is 0.722. The summed E-state index contributed by atoms with van der Waals surface area (Å²) in [4.78, 5) is 24.1. The molecular formula is C21H25NO5. The van der Waals surface area contributed by atoms with Gasteiger partial charge in [-0.15, -0.1) is 0 Å². The Morgan fingerprint density at radius 3 is 2.52 bits per heavy atom. The first kappa shape index (κ1) is 20.3. The zero-order chi connectivity index (χ0) is 19.8. The van der Waals surface area contributed by atoms with Crippen molar-refractivity contribution < 1.29 is 23.8 Å². The van der Waals surface area contributed by atoms with Crippen LogP contribution in [0.2, 0.25) is 0 Å². The Morgan fingerprint density at radius 2 is 1.81 bits per heavy atom. The molecule has 2 rings (SSSR count). The van der Waals surface area contributed by atoms with E-state index in [0.717, 1.165) is 16.7 Å². The molecule has 2 aromatic carbocycles. The lowest BCUT2D eigenvalue weighted by atomic mass is 10.1. The highest BCUT2D eigenvalue weighted by Gasteiger charge is 2.18. The fraction of sp³-hybridized carbons (Fsp3) is 0.333. The predicted octanol–water partition coefficient (Wildman–Crippen LogP) is 2.94. The zero-order valence-corrected chi connectivity index (χ0v) is 16.1. The number of esters is 1. The van der Waals surface area contributed by atoms with Gasteiger partial charge in [0.25, 0.3) is 5.91 Å². The highest BCUT2D eigenvalue weighted by molar-refractivity contribution is 5.83. The van der Waals surface area contributed by atoms with Gasteiger partial charge in [0, 0.05) is 12.1 Å². The average molecular weight is 371 g/mol. The van der Waals surface area contributed by atoms with Crippen LogP contribution in [0.3, 0.4) is 0 Å². The summed E-state index contributed by atoms with van der Waals surface area (Å²) < 4.78 is 15.8. The second kappa shape index (κ2) is 9.62. The van der Waals surface area contributed by atoms with Crippen molar-refractivity contribution in [1.29, 1.82) is 0 Å².